The number of carbonyl (C=O) groups excluding carboxylic acids is 1. The number of carbonyl (C=O) groups is 1. The van der Waals surface area contributed by atoms with Gasteiger partial charge in [-0.15, -0.1) is 0 Å². The van der Waals surface area contributed by atoms with Gasteiger partial charge in [-0.25, -0.2) is 4.39 Å². The monoisotopic (exact) mass is 311 g/mol. The van der Waals surface area contributed by atoms with Gasteiger partial charge in [0.15, 0.2) is 5.84 Å². The minimum absolute atomic E-state index is 0.160. The smallest absolute Gasteiger partial charge is 0.256 e. The van der Waals surface area contributed by atoms with Crippen molar-refractivity contribution in [2.75, 3.05) is 5.32 Å². The van der Waals surface area contributed by atoms with Crippen LogP contribution >= 0.6 is 11.6 Å². The van der Waals surface area contributed by atoms with Crippen molar-refractivity contribution in [2.45, 2.75) is 0 Å². The molecule has 4 N–H and O–H groups in total. The molecule has 2 aromatic rings. The number of aryl methyl sites for hydroxylation is 1. The predicted molar refractivity (Wildman–Crippen MR) is 75.1 cm³/mol. The molecule has 0 atom stereocenters. The Morgan fingerprint density at radius 2 is 2.29 bits per heavy atom. The van der Waals surface area contributed by atoms with Crippen molar-refractivity contribution in [2.24, 2.45) is 17.9 Å². The van der Waals surface area contributed by atoms with Crippen LogP contribution in [0.4, 0.5) is 10.2 Å². The standard InChI is InChI=1S/C12H11ClFN5O2/c1-19-11(7(5-16-19)10(15)18-21)17-12(20)6-2-3-9(14)8(13)4-6/h2-5,21H,1H3,(H2,15,18)(H,17,20). The molecule has 0 unspecified atom stereocenters. The van der Waals surface area contributed by atoms with Crippen LogP contribution in [0.2, 0.25) is 5.02 Å². The molecular weight excluding hydrogens is 301 g/mol. The highest BCUT2D eigenvalue weighted by Gasteiger charge is 2.16. The van der Waals surface area contributed by atoms with Crippen LogP contribution in [0.1, 0.15) is 15.9 Å². The highest BCUT2D eigenvalue weighted by Crippen LogP contribution is 2.19. The third-order valence-corrected chi connectivity index (χ3v) is 3.03. The lowest BCUT2D eigenvalue weighted by Gasteiger charge is -2.08. The van der Waals surface area contributed by atoms with E-state index >= 15 is 0 Å². The molecule has 1 heterocycles. The molecule has 1 amide bonds. The molecule has 0 bridgehead atoms. The van der Waals surface area contributed by atoms with E-state index < -0.39 is 11.7 Å². The zero-order valence-electron chi connectivity index (χ0n) is 10.8. The molecule has 0 fully saturated rings. The van der Waals surface area contributed by atoms with Gasteiger partial charge in [0, 0.05) is 12.6 Å². The van der Waals surface area contributed by atoms with Gasteiger partial charge in [-0.3, -0.25) is 9.48 Å². The number of aromatic nitrogens is 2. The summed E-state index contributed by atoms with van der Waals surface area (Å²) in [7, 11) is 1.57. The topological polar surface area (TPSA) is 106 Å². The van der Waals surface area contributed by atoms with Crippen LogP contribution in [-0.2, 0) is 7.05 Å². The van der Waals surface area contributed by atoms with Crippen LogP contribution in [0.3, 0.4) is 0 Å². The maximum Gasteiger partial charge on any atom is 0.256 e. The van der Waals surface area contributed by atoms with Gasteiger partial charge in [-0.05, 0) is 18.2 Å². The molecule has 1 aromatic carbocycles. The summed E-state index contributed by atoms with van der Waals surface area (Å²) in [5.74, 6) is -1.12. The number of anilines is 1. The van der Waals surface area contributed by atoms with Crippen LogP contribution < -0.4 is 11.1 Å². The maximum absolute atomic E-state index is 13.1. The van der Waals surface area contributed by atoms with E-state index in [1.165, 1.54) is 23.0 Å². The van der Waals surface area contributed by atoms with Gasteiger partial charge < -0.3 is 16.3 Å². The summed E-state index contributed by atoms with van der Waals surface area (Å²) in [6, 6.07) is 3.58. The molecule has 2 rings (SSSR count). The first kappa shape index (κ1) is 14.8. The van der Waals surface area contributed by atoms with Gasteiger partial charge in [0.25, 0.3) is 5.91 Å². The number of hydrogen-bond acceptors (Lipinski definition) is 4. The fourth-order valence-corrected chi connectivity index (χ4v) is 1.82. The van der Waals surface area contributed by atoms with E-state index in [4.69, 9.17) is 22.5 Å². The summed E-state index contributed by atoms with van der Waals surface area (Å²) >= 11 is 5.63. The third kappa shape index (κ3) is 2.95. The van der Waals surface area contributed by atoms with E-state index in [-0.39, 0.29) is 27.8 Å². The number of hydrogen-bond donors (Lipinski definition) is 3. The summed E-state index contributed by atoms with van der Waals surface area (Å²) in [6.07, 6.45) is 1.34. The lowest BCUT2D eigenvalue weighted by molar-refractivity contribution is 0.102. The minimum Gasteiger partial charge on any atom is -0.409 e. The number of halogens is 2. The highest BCUT2D eigenvalue weighted by molar-refractivity contribution is 6.31. The van der Waals surface area contributed by atoms with Crippen molar-refractivity contribution in [1.82, 2.24) is 9.78 Å². The average Bonchev–Trinajstić information content (AvgIpc) is 2.82. The van der Waals surface area contributed by atoms with E-state index in [1.807, 2.05) is 0 Å². The number of nitrogens with zero attached hydrogens (tertiary/aromatic N) is 3. The van der Waals surface area contributed by atoms with Crippen molar-refractivity contribution in [3.8, 4) is 0 Å². The van der Waals surface area contributed by atoms with Crippen molar-refractivity contribution in [1.29, 1.82) is 0 Å². The fourth-order valence-electron chi connectivity index (χ4n) is 1.64. The second-order valence-corrected chi connectivity index (χ2v) is 4.51. The lowest BCUT2D eigenvalue weighted by Crippen LogP contribution is -2.20. The number of nitrogens with one attached hydrogen (secondary N) is 1. The van der Waals surface area contributed by atoms with E-state index in [2.05, 4.69) is 15.6 Å². The van der Waals surface area contributed by atoms with Crippen LogP contribution in [0.5, 0.6) is 0 Å². The van der Waals surface area contributed by atoms with Gasteiger partial charge in [0.2, 0.25) is 0 Å². The zero-order chi connectivity index (χ0) is 15.6. The summed E-state index contributed by atoms with van der Waals surface area (Å²) < 4.78 is 14.4. The molecule has 0 radical (unpaired) electrons. The molecule has 0 saturated heterocycles. The number of nitrogens with two attached hydrogens (primary N) is 1. The average molecular weight is 312 g/mol. The third-order valence-electron chi connectivity index (χ3n) is 2.74. The Labute approximate surface area is 123 Å². The van der Waals surface area contributed by atoms with Crippen molar-refractivity contribution in [3.63, 3.8) is 0 Å². The molecule has 9 heteroatoms. The summed E-state index contributed by atoms with van der Waals surface area (Å²) in [6.45, 7) is 0. The van der Waals surface area contributed by atoms with E-state index in [0.29, 0.717) is 0 Å². The Kier molecular flexibility index (Phi) is 4.08. The van der Waals surface area contributed by atoms with E-state index in [1.54, 1.807) is 7.05 Å². The minimum atomic E-state index is -0.619. The van der Waals surface area contributed by atoms with Gasteiger partial charge in [0.05, 0.1) is 16.8 Å². The molecule has 0 aliphatic rings. The first-order chi connectivity index (χ1) is 9.93. The number of amidine groups is 1. The second kappa shape index (κ2) is 5.80. The number of benzene rings is 1. The first-order valence-electron chi connectivity index (χ1n) is 5.70. The molecule has 0 aliphatic carbocycles. The first-order valence-corrected chi connectivity index (χ1v) is 6.08. The Morgan fingerprint density at radius 3 is 2.90 bits per heavy atom. The number of rotatable bonds is 3. The Balaban J connectivity index is 2.31. The van der Waals surface area contributed by atoms with E-state index in [9.17, 15) is 9.18 Å². The Hall–Kier alpha value is -2.61. The van der Waals surface area contributed by atoms with Crippen LogP contribution in [0.25, 0.3) is 0 Å². The summed E-state index contributed by atoms with van der Waals surface area (Å²) in [5.41, 5.74) is 5.90. The summed E-state index contributed by atoms with van der Waals surface area (Å²) in [5, 5.41) is 17.8. The Bertz CT molecular complexity index is 728. The largest absolute Gasteiger partial charge is 0.409 e. The van der Waals surface area contributed by atoms with Crippen LogP contribution in [0, 0.1) is 5.82 Å². The van der Waals surface area contributed by atoms with Gasteiger partial charge in [-0.2, -0.15) is 5.10 Å². The lowest BCUT2D eigenvalue weighted by atomic mass is 10.2. The molecule has 0 aliphatic heterocycles. The van der Waals surface area contributed by atoms with Crippen LogP contribution in [-0.4, -0.2) is 26.7 Å². The Morgan fingerprint density at radius 1 is 1.57 bits per heavy atom. The second-order valence-electron chi connectivity index (χ2n) is 4.10. The quantitative estimate of drug-likeness (QED) is 0.346. The normalized spacial score (nSPS) is 11.5. The summed E-state index contributed by atoms with van der Waals surface area (Å²) in [4.78, 5) is 12.1. The molecular formula is C12H11ClFN5O2. The predicted octanol–water partition coefficient (Wildman–Crippen LogP) is 1.56. The van der Waals surface area contributed by atoms with Crippen LogP contribution in [0.15, 0.2) is 29.6 Å². The van der Waals surface area contributed by atoms with Crippen molar-refractivity contribution >= 4 is 29.2 Å². The van der Waals surface area contributed by atoms with Gasteiger partial charge in [0.1, 0.15) is 11.6 Å². The van der Waals surface area contributed by atoms with E-state index in [0.717, 1.165) is 6.07 Å². The maximum atomic E-state index is 13.1. The SMILES string of the molecule is Cn1ncc(/C(N)=N/O)c1NC(=O)c1ccc(F)c(Cl)c1. The van der Waals surface area contributed by atoms with Crippen molar-refractivity contribution in [3.05, 3.63) is 46.4 Å². The van der Waals surface area contributed by atoms with Gasteiger partial charge >= 0.3 is 0 Å². The molecule has 21 heavy (non-hydrogen) atoms. The van der Waals surface area contributed by atoms with Crippen molar-refractivity contribution < 1.29 is 14.4 Å². The zero-order valence-corrected chi connectivity index (χ0v) is 11.6. The fraction of sp³-hybridized carbons (Fsp3) is 0.0833. The molecule has 0 spiro atoms. The number of amides is 1. The van der Waals surface area contributed by atoms with Gasteiger partial charge in [-0.1, -0.05) is 16.8 Å². The number of oxime groups is 1. The molecule has 0 saturated carbocycles. The molecule has 1 aromatic heterocycles. The molecule has 7 nitrogen and oxygen atoms in total. The molecule has 110 valence electrons. The highest BCUT2D eigenvalue weighted by atomic mass is 35.5.